The number of nitrogens with zero attached hydrogens (tertiary/aromatic N) is 3. The highest BCUT2D eigenvalue weighted by molar-refractivity contribution is 6.74. The second-order valence-corrected chi connectivity index (χ2v) is 24.4. The third kappa shape index (κ3) is 7.96. The summed E-state index contributed by atoms with van der Waals surface area (Å²) in [6, 6.07) is 21.0. The molecule has 61 heavy (non-hydrogen) atoms. The molecule has 3 aliphatic carbocycles. The van der Waals surface area contributed by atoms with Crippen LogP contribution in [-0.2, 0) is 35.4 Å². The van der Waals surface area contributed by atoms with Crippen LogP contribution in [0.4, 0.5) is 5.69 Å². The molecule has 1 unspecified atom stereocenters. The van der Waals surface area contributed by atoms with Crippen LogP contribution in [0.2, 0.25) is 18.1 Å². The Hall–Kier alpha value is -4.75. The number of Topliss-reactive ketones (excluding diaryl/α,β-unsaturated/α-hetero) is 2. The first-order valence-corrected chi connectivity index (χ1v) is 24.5. The summed E-state index contributed by atoms with van der Waals surface area (Å²) in [6.07, 6.45) is 1.74. The maximum atomic E-state index is 16.1. The summed E-state index contributed by atoms with van der Waals surface area (Å²) < 4.78 is 26.4. The second kappa shape index (κ2) is 16.5. The molecule has 4 aromatic rings. The zero-order valence-electron chi connectivity index (χ0n) is 38.1. The average molecular weight is 849 g/mol. The standard InChI is InChI=1S/C49H64N4O7Si/c1-13-48(5,6)50-27-33-26-36(57-28-30-20-16-14-17-21-30)38-34(40(33)52(7)8)24-32-25-35-41(53(9)10)43-39(46(51-59-43)58-29-31-22-18-15-19-23-31)45(56)49(35,44(55)37(32)42(38)54)60-61(11,12)47(2,3)4/h14-23,26,32,35,41,50,54H,13,24-25,27-29H2,1-12H3/t32-,35-,41-,49?/m0/s1. The lowest BCUT2D eigenvalue weighted by Gasteiger charge is -2.55. The number of aliphatic hydroxyl groups excluding tert-OH is 1. The van der Waals surface area contributed by atoms with Gasteiger partial charge in [0.15, 0.2) is 19.7 Å². The quantitative estimate of drug-likeness (QED) is 0.0931. The van der Waals surface area contributed by atoms with E-state index in [-0.39, 0.29) is 46.6 Å². The van der Waals surface area contributed by atoms with Gasteiger partial charge in [-0.15, -0.1) is 0 Å². The minimum atomic E-state index is -2.91. The first-order chi connectivity index (χ1) is 28.7. The van der Waals surface area contributed by atoms with E-state index < -0.39 is 43.4 Å². The molecular weight excluding hydrogens is 785 g/mol. The Morgan fingerprint density at radius 3 is 2.07 bits per heavy atom. The molecule has 0 aliphatic heterocycles. The molecule has 4 atom stereocenters. The lowest BCUT2D eigenvalue weighted by molar-refractivity contribution is -0.140. The highest BCUT2D eigenvalue weighted by Gasteiger charge is 2.69. The smallest absolute Gasteiger partial charge is 0.265 e. The van der Waals surface area contributed by atoms with E-state index in [1.807, 2.05) is 99.8 Å². The van der Waals surface area contributed by atoms with Crippen molar-refractivity contribution in [2.24, 2.45) is 11.8 Å². The Labute approximate surface area is 362 Å². The molecule has 11 nitrogen and oxygen atoms in total. The average Bonchev–Trinajstić information content (AvgIpc) is 3.62. The molecule has 12 heteroatoms. The van der Waals surface area contributed by atoms with E-state index in [4.69, 9.17) is 18.4 Å². The van der Waals surface area contributed by atoms with Crippen molar-refractivity contribution in [2.45, 2.75) is 116 Å². The maximum absolute atomic E-state index is 16.1. The van der Waals surface area contributed by atoms with Crippen molar-refractivity contribution in [3.05, 3.63) is 111 Å². The van der Waals surface area contributed by atoms with Crippen molar-refractivity contribution in [1.82, 2.24) is 15.4 Å². The molecule has 0 saturated heterocycles. The Morgan fingerprint density at radius 2 is 1.51 bits per heavy atom. The number of carbonyl (C=O) groups is 2. The number of anilines is 1. The van der Waals surface area contributed by atoms with Crippen LogP contribution in [0.3, 0.4) is 0 Å². The van der Waals surface area contributed by atoms with Gasteiger partial charge in [-0.2, -0.15) is 0 Å². The Balaban J connectivity index is 1.44. The fourth-order valence-corrected chi connectivity index (χ4v) is 10.5. The van der Waals surface area contributed by atoms with E-state index in [9.17, 15) is 5.11 Å². The predicted molar refractivity (Wildman–Crippen MR) is 242 cm³/mol. The number of fused-ring (bicyclic) bond motifs is 4. The number of hydrogen-bond acceptors (Lipinski definition) is 11. The van der Waals surface area contributed by atoms with Gasteiger partial charge >= 0.3 is 0 Å². The number of nitrogens with one attached hydrogen (secondary N) is 1. The van der Waals surface area contributed by atoms with Crippen molar-refractivity contribution in [2.75, 3.05) is 33.1 Å². The zero-order valence-corrected chi connectivity index (χ0v) is 39.1. The first kappa shape index (κ1) is 44.3. The van der Waals surface area contributed by atoms with Gasteiger partial charge in [-0.25, -0.2) is 0 Å². The van der Waals surface area contributed by atoms with Crippen LogP contribution in [-0.4, -0.2) is 74.4 Å². The number of carbonyl (C=O) groups excluding carboxylic acids is 2. The van der Waals surface area contributed by atoms with Gasteiger partial charge in [-0.1, -0.05) is 88.4 Å². The molecule has 1 saturated carbocycles. The fourth-order valence-electron chi connectivity index (χ4n) is 9.06. The van der Waals surface area contributed by atoms with Crippen LogP contribution in [0.15, 0.2) is 76.8 Å². The number of ketones is 2. The van der Waals surface area contributed by atoms with Gasteiger partial charge in [-0.3, -0.25) is 14.5 Å². The van der Waals surface area contributed by atoms with E-state index in [0.717, 1.165) is 34.4 Å². The Morgan fingerprint density at radius 1 is 0.902 bits per heavy atom. The summed E-state index contributed by atoms with van der Waals surface area (Å²) >= 11 is 0. The normalized spacial score (nSPS) is 21.5. The summed E-state index contributed by atoms with van der Waals surface area (Å²) in [7, 11) is 4.97. The van der Waals surface area contributed by atoms with Gasteiger partial charge in [0.2, 0.25) is 11.6 Å². The van der Waals surface area contributed by atoms with Crippen LogP contribution in [0.25, 0.3) is 5.76 Å². The third-order valence-corrected chi connectivity index (χ3v) is 18.1. The van der Waals surface area contributed by atoms with Crippen LogP contribution in [0.5, 0.6) is 11.6 Å². The van der Waals surface area contributed by atoms with Crippen molar-refractivity contribution in [1.29, 1.82) is 0 Å². The molecule has 0 radical (unpaired) electrons. The van der Waals surface area contributed by atoms with Gasteiger partial charge in [0.25, 0.3) is 5.88 Å². The highest BCUT2D eigenvalue weighted by Crippen LogP contribution is 2.59. The molecule has 2 N–H and O–H groups in total. The number of hydrogen-bond donors (Lipinski definition) is 2. The molecule has 1 aromatic heterocycles. The van der Waals surface area contributed by atoms with Gasteiger partial charge < -0.3 is 33.7 Å². The molecule has 326 valence electrons. The SMILES string of the molecule is CCC(C)(C)NCc1cc(OCc2ccccc2)c2c(c1N(C)C)C[C@H]1C[C@H]3[C@H](N(C)C)c4onc(OCc5ccccc5)c4C(=O)C3(O[Si](C)(C)C(C)(C)C)C(=O)C1=C2O. The van der Waals surface area contributed by atoms with Crippen molar-refractivity contribution in [3.63, 3.8) is 0 Å². The topological polar surface area (TPSA) is 127 Å². The van der Waals surface area contributed by atoms with E-state index >= 15 is 9.59 Å². The molecule has 0 bridgehead atoms. The summed E-state index contributed by atoms with van der Waals surface area (Å²) in [5, 5.41) is 20.6. The predicted octanol–water partition coefficient (Wildman–Crippen LogP) is 9.47. The van der Waals surface area contributed by atoms with Crippen LogP contribution >= 0.6 is 0 Å². The molecule has 3 aromatic carbocycles. The summed E-state index contributed by atoms with van der Waals surface area (Å²) in [4.78, 5) is 35.8. The minimum Gasteiger partial charge on any atom is -0.507 e. The molecule has 1 fully saturated rings. The number of rotatable bonds is 14. The van der Waals surface area contributed by atoms with Gasteiger partial charge in [0, 0.05) is 43.4 Å². The lowest BCUT2D eigenvalue weighted by atomic mass is 9.57. The lowest BCUT2D eigenvalue weighted by Crippen LogP contribution is -2.68. The number of ether oxygens (including phenoxy) is 2. The van der Waals surface area contributed by atoms with E-state index in [1.165, 1.54) is 0 Å². The van der Waals surface area contributed by atoms with E-state index in [0.29, 0.717) is 36.5 Å². The fraction of sp³-hybridized carbons (Fsp3) is 0.490. The Bertz CT molecular complexity index is 2310. The Kier molecular flexibility index (Phi) is 12.0. The van der Waals surface area contributed by atoms with Crippen molar-refractivity contribution in [3.8, 4) is 11.6 Å². The summed E-state index contributed by atoms with van der Waals surface area (Å²) in [6.45, 7) is 17.9. The number of aromatic nitrogens is 1. The number of aliphatic hydroxyl groups is 1. The zero-order chi connectivity index (χ0) is 44.2. The summed E-state index contributed by atoms with van der Waals surface area (Å²) in [5.41, 5.74) is 3.42. The van der Waals surface area contributed by atoms with E-state index in [2.05, 4.69) is 70.0 Å². The second-order valence-electron chi connectivity index (χ2n) is 19.7. The third-order valence-electron chi connectivity index (χ3n) is 13.7. The maximum Gasteiger partial charge on any atom is 0.265 e. The number of benzene rings is 3. The first-order valence-electron chi connectivity index (χ1n) is 21.6. The van der Waals surface area contributed by atoms with Crippen LogP contribution in [0.1, 0.15) is 104 Å². The summed E-state index contributed by atoms with van der Waals surface area (Å²) in [5.74, 6) is -1.48. The van der Waals surface area contributed by atoms with Crippen molar-refractivity contribution >= 4 is 31.3 Å². The molecular formula is C49H64N4O7Si. The molecule has 3 aliphatic rings. The minimum absolute atomic E-state index is 0.0223. The van der Waals surface area contributed by atoms with Crippen molar-refractivity contribution < 1.29 is 33.1 Å². The van der Waals surface area contributed by atoms with E-state index in [1.54, 1.807) is 0 Å². The van der Waals surface area contributed by atoms with Gasteiger partial charge in [-0.05, 0) is 105 Å². The van der Waals surface area contributed by atoms with Crippen LogP contribution < -0.4 is 19.7 Å². The molecule has 1 heterocycles. The van der Waals surface area contributed by atoms with Crippen LogP contribution in [0, 0.1) is 11.8 Å². The van der Waals surface area contributed by atoms with Gasteiger partial charge in [0.1, 0.15) is 30.3 Å². The van der Waals surface area contributed by atoms with Gasteiger partial charge in [0.05, 0.1) is 11.6 Å². The highest BCUT2D eigenvalue weighted by atomic mass is 28.4. The molecule has 0 spiro atoms. The largest absolute Gasteiger partial charge is 0.507 e. The monoisotopic (exact) mass is 848 g/mol. The molecule has 7 rings (SSSR count). The molecule has 0 amide bonds.